The summed E-state index contributed by atoms with van der Waals surface area (Å²) in [7, 11) is 0. The van der Waals surface area contributed by atoms with Gasteiger partial charge in [-0.05, 0) is 35.3 Å². The Bertz CT molecular complexity index is 1090. The first kappa shape index (κ1) is 21.4. The maximum atomic E-state index is 13.1. The zero-order chi connectivity index (χ0) is 22.1. The van der Waals surface area contributed by atoms with E-state index in [-0.39, 0.29) is 11.1 Å². The molecule has 0 aliphatic rings. The molecule has 4 nitrogen and oxygen atoms in total. The molecule has 0 fully saturated rings. The van der Waals surface area contributed by atoms with E-state index in [1.165, 1.54) is 29.1 Å². The van der Waals surface area contributed by atoms with E-state index in [0.29, 0.717) is 11.3 Å². The number of aromatic nitrogens is 2. The predicted molar refractivity (Wildman–Crippen MR) is 109 cm³/mol. The Labute approximate surface area is 172 Å². The lowest BCUT2D eigenvalue weighted by atomic mass is 9.86. The molecule has 0 bridgehead atoms. The summed E-state index contributed by atoms with van der Waals surface area (Å²) in [6.07, 6.45) is -0.601. The molecule has 1 aromatic heterocycles. The average molecular weight is 414 g/mol. The first-order valence-electron chi connectivity index (χ1n) is 9.24. The molecular weight excluding hydrogens is 393 g/mol. The van der Waals surface area contributed by atoms with Gasteiger partial charge in [0.2, 0.25) is 0 Å². The van der Waals surface area contributed by atoms with Gasteiger partial charge in [0.25, 0.3) is 0 Å². The standard InChI is InChI=1S/C23H21F3N2O2/c1-22(2,3)17-10-7-15(8-11-17)21-16(9-12-20(29)30)14-28(27-21)19-6-4-5-18(13-19)23(24,25)26/h4-14H,1-3H3,(H,29,30)/b12-9+. The van der Waals surface area contributed by atoms with E-state index in [0.717, 1.165) is 29.3 Å². The number of halogens is 3. The van der Waals surface area contributed by atoms with Gasteiger partial charge in [-0.1, -0.05) is 51.1 Å². The summed E-state index contributed by atoms with van der Waals surface area (Å²) >= 11 is 0. The van der Waals surface area contributed by atoms with Crippen LogP contribution in [-0.4, -0.2) is 20.9 Å². The number of hydrogen-bond acceptors (Lipinski definition) is 2. The highest BCUT2D eigenvalue weighted by Gasteiger charge is 2.30. The number of carboxylic acids is 1. The van der Waals surface area contributed by atoms with Crippen molar-refractivity contribution in [3.8, 4) is 16.9 Å². The SMILES string of the molecule is CC(C)(C)c1ccc(-c2nn(-c3cccc(C(F)(F)F)c3)cc2/C=C/C(=O)O)cc1. The maximum Gasteiger partial charge on any atom is 0.416 e. The summed E-state index contributed by atoms with van der Waals surface area (Å²) < 4.78 is 40.5. The second-order valence-electron chi connectivity index (χ2n) is 7.92. The van der Waals surface area contributed by atoms with Gasteiger partial charge in [-0.15, -0.1) is 0 Å². The summed E-state index contributed by atoms with van der Waals surface area (Å²) in [6.45, 7) is 6.27. The second-order valence-corrected chi connectivity index (χ2v) is 7.92. The molecule has 0 spiro atoms. The molecule has 0 aliphatic heterocycles. The van der Waals surface area contributed by atoms with Gasteiger partial charge in [0.05, 0.1) is 16.9 Å². The second kappa shape index (κ2) is 7.82. The fourth-order valence-corrected chi connectivity index (χ4v) is 2.98. The first-order valence-corrected chi connectivity index (χ1v) is 9.24. The Morgan fingerprint density at radius 2 is 1.70 bits per heavy atom. The van der Waals surface area contributed by atoms with E-state index in [1.54, 1.807) is 0 Å². The van der Waals surface area contributed by atoms with Gasteiger partial charge in [-0.25, -0.2) is 9.48 Å². The van der Waals surface area contributed by atoms with Crippen LogP contribution in [0.3, 0.4) is 0 Å². The number of hydrogen-bond donors (Lipinski definition) is 1. The molecule has 0 saturated heterocycles. The van der Waals surface area contributed by atoms with E-state index < -0.39 is 17.7 Å². The Morgan fingerprint density at radius 1 is 1.03 bits per heavy atom. The van der Waals surface area contributed by atoms with Crippen LogP contribution in [0.15, 0.2) is 60.8 Å². The molecule has 2 aromatic carbocycles. The molecule has 1 heterocycles. The third kappa shape index (κ3) is 4.79. The molecule has 0 atom stereocenters. The normalized spacial score (nSPS) is 12.5. The number of aliphatic carboxylic acids is 1. The largest absolute Gasteiger partial charge is 0.478 e. The van der Waals surface area contributed by atoms with Crippen molar-refractivity contribution in [1.82, 2.24) is 9.78 Å². The fourth-order valence-electron chi connectivity index (χ4n) is 2.98. The number of alkyl halides is 3. The van der Waals surface area contributed by atoms with Gasteiger partial charge in [0, 0.05) is 23.4 Å². The number of nitrogens with zero attached hydrogens (tertiary/aromatic N) is 2. The van der Waals surface area contributed by atoms with E-state index in [9.17, 15) is 18.0 Å². The van der Waals surface area contributed by atoms with Gasteiger partial charge in [0.15, 0.2) is 0 Å². The summed E-state index contributed by atoms with van der Waals surface area (Å²) in [5, 5.41) is 13.4. The molecule has 1 N–H and O–H groups in total. The van der Waals surface area contributed by atoms with Crippen LogP contribution in [0, 0.1) is 0 Å². The van der Waals surface area contributed by atoms with Crippen LogP contribution >= 0.6 is 0 Å². The van der Waals surface area contributed by atoms with Crippen LogP contribution in [0.4, 0.5) is 13.2 Å². The molecule has 7 heteroatoms. The zero-order valence-electron chi connectivity index (χ0n) is 16.7. The highest BCUT2D eigenvalue weighted by Crippen LogP contribution is 2.32. The average Bonchev–Trinajstić information content (AvgIpc) is 3.09. The Balaban J connectivity index is 2.09. The number of rotatable bonds is 4. The van der Waals surface area contributed by atoms with Crippen molar-refractivity contribution < 1.29 is 23.1 Å². The quantitative estimate of drug-likeness (QED) is 0.537. The van der Waals surface area contributed by atoms with Gasteiger partial charge >= 0.3 is 12.1 Å². The summed E-state index contributed by atoms with van der Waals surface area (Å²) in [4.78, 5) is 11.0. The van der Waals surface area contributed by atoms with Crippen LogP contribution < -0.4 is 0 Å². The molecule has 0 aliphatic carbocycles. The van der Waals surface area contributed by atoms with Crippen LogP contribution in [0.5, 0.6) is 0 Å². The molecule has 30 heavy (non-hydrogen) atoms. The number of carboxylic acid groups (broad SMARTS) is 1. The van der Waals surface area contributed by atoms with Crippen molar-refractivity contribution in [2.45, 2.75) is 32.4 Å². The van der Waals surface area contributed by atoms with Crippen molar-refractivity contribution in [2.24, 2.45) is 0 Å². The Morgan fingerprint density at radius 3 is 2.27 bits per heavy atom. The van der Waals surface area contributed by atoms with Gasteiger partial charge in [-0.3, -0.25) is 0 Å². The molecule has 156 valence electrons. The zero-order valence-corrected chi connectivity index (χ0v) is 16.7. The van der Waals surface area contributed by atoms with Crippen LogP contribution in [-0.2, 0) is 16.4 Å². The summed E-state index contributed by atoms with van der Waals surface area (Å²) in [6, 6.07) is 12.5. The third-order valence-corrected chi connectivity index (χ3v) is 4.61. The van der Waals surface area contributed by atoms with Crippen molar-refractivity contribution in [3.63, 3.8) is 0 Å². The summed E-state index contributed by atoms with van der Waals surface area (Å²) in [5.74, 6) is -1.13. The van der Waals surface area contributed by atoms with Gasteiger partial charge in [0.1, 0.15) is 0 Å². The van der Waals surface area contributed by atoms with Crippen LogP contribution in [0.1, 0.15) is 37.5 Å². The fraction of sp³-hybridized carbons (Fsp3) is 0.217. The van der Waals surface area contributed by atoms with E-state index >= 15 is 0 Å². The molecule has 3 rings (SSSR count). The Hall–Kier alpha value is -3.35. The molecular formula is C23H21F3N2O2. The number of benzene rings is 2. The smallest absolute Gasteiger partial charge is 0.416 e. The highest BCUT2D eigenvalue weighted by atomic mass is 19.4. The lowest BCUT2D eigenvalue weighted by molar-refractivity contribution is -0.137. The van der Waals surface area contributed by atoms with Crippen LogP contribution in [0.25, 0.3) is 23.0 Å². The first-order chi connectivity index (χ1) is 13.9. The van der Waals surface area contributed by atoms with Crippen molar-refractivity contribution in [1.29, 1.82) is 0 Å². The molecule has 0 unspecified atom stereocenters. The number of carbonyl (C=O) groups is 1. The Kier molecular flexibility index (Phi) is 5.57. The van der Waals surface area contributed by atoms with E-state index in [1.807, 2.05) is 24.3 Å². The van der Waals surface area contributed by atoms with Gasteiger partial charge < -0.3 is 5.11 Å². The van der Waals surface area contributed by atoms with Crippen molar-refractivity contribution >= 4 is 12.0 Å². The van der Waals surface area contributed by atoms with Crippen molar-refractivity contribution in [2.75, 3.05) is 0 Å². The topological polar surface area (TPSA) is 55.1 Å². The van der Waals surface area contributed by atoms with Crippen molar-refractivity contribution in [3.05, 3.63) is 77.5 Å². The minimum Gasteiger partial charge on any atom is -0.478 e. The molecule has 0 amide bonds. The lowest BCUT2D eigenvalue weighted by Gasteiger charge is -2.19. The lowest BCUT2D eigenvalue weighted by Crippen LogP contribution is -2.10. The van der Waals surface area contributed by atoms with Crippen LogP contribution in [0.2, 0.25) is 0 Å². The third-order valence-electron chi connectivity index (χ3n) is 4.61. The van der Waals surface area contributed by atoms with E-state index in [2.05, 4.69) is 25.9 Å². The van der Waals surface area contributed by atoms with Gasteiger partial charge in [-0.2, -0.15) is 18.3 Å². The maximum absolute atomic E-state index is 13.1. The predicted octanol–water partition coefficient (Wildman–Crippen LogP) is 5.95. The highest BCUT2D eigenvalue weighted by molar-refractivity contribution is 5.87. The monoisotopic (exact) mass is 414 g/mol. The summed E-state index contributed by atoms with van der Waals surface area (Å²) in [5.41, 5.74) is 2.22. The van der Waals surface area contributed by atoms with E-state index in [4.69, 9.17) is 5.11 Å². The molecule has 3 aromatic rings. The minimum atomic E-state index is -4.47. The molecule has 0 radical (unpaired) electrons. The minimum absolute atomic E-state index is 0.0397. The molecule has 0 saturated carbocycles.